The lowest BCUT2D eigenvalue weighted by atomic mass is 10.1. The van der Waals surface area contributed by atoms with E-state index in [2.05, 4.69) is 36.8 Å². The summed E-state index contributed by atoms with van der Waals surface area (Å²) in [4.78, 5) is 34.1. The average molecular weight is 552 g/mol. The van der Waals surface area contributed by atoms with Crippen molar-refractivity contribution in [1.29, 1.82) is 0 Å². The second-order valence-electron chi connectivity index (χ2n) is 10.3. The van der Waals surface area contributed by atoms with Gasteiger partial charge in [0.25, 0.3) is 0 Å². The van der Waals surface area contributed by atoms with E-state index in [1.165, 1.54) is 24.8 Å². The molecule has 4 aromatic heterocycles. The highest BCUT2D eigenvalue weighted by Gasteiger charge is 2.43. The fraction of sp³-hybridized carbons (Fsp3) is 0.241. The summed E-state index contributed by atoms with van der Waals surface area (Å²) >= 11 is 0. The number of ether oxygens (including phenoxy) is 1. The Bertz CT molecular complexity index is 1820. The molecule has 7 rings (SSSR count). The molecular weight excluding hydrogens is 525 g/mol. The smallest absolute Gasteiger partial charge is 0.246 e. The minimum atomic E-state index is -0.503. The van der Waals surface area contributed by atoms with Crippen LogP contribution in [0, 0.1) is 18.7 Å². The summed E-state index contributed by atoms with van der Waals surface area (Å²) in [6, 6.07) is 10.4. The van der Waals surface area contributed by atoms with E-state index >= 15 is 4.39 Å². The van der Waals surface area contributed by atoms with E-state index in [-0.39, 0.29) is 17.6 Å². The molecule has 2 saturated heterocycles. The normalized spacial score (nSPS) is 18.2. The zero-order chi connectivity index (χ0) is 28.1. The third-order valence-electron chi connectivity index (χ3n) is 7.79. The fourth-order valence-electron chi connectivity index (χ4n) is 5.72. The van der Waals surface area contributed by atoms with Gasteiger partial charge in [0.15, 0.2) is 11.5 Å². The molecule has 2 aliphatic heterocycles. The minimum absolute atomic E-state index is 0.0316. The minimum Gasteiger partial charge on any atom is -0.457 e. The fourth-order valence-corrected chi connectivity index (χ4v) is 5.72. The van der Waals surface area contributed by atoms with E-state index < -0.39 is 5.82 Å². The van der Waals surface area contributed by atoms with Gasteiger partial charge in [0.05, 0.1) is 17.2 Å². The number of nitrogens with one attached hydrogen (secondary N) is 1. The zero-order valence-corrected chi connectivity index (χ0v) is 22.2. The lowest BCUT2D eigenvalue weighted by Crippen LogP contribution is -2.38. The van der Waals surface area contributed by atoms with E-state index in [1.54, 1.807) is 28.9 Å². The third kappa shape index (κ3) is 4.46. The van der Waals surface area contributed by atoms with E-state index in [9.17, 15) is 4.79 Å². The quantitative estimate of drug-likeness (QED) is 0.309. The number of anilines is 3. The number of carbonyl (C=O) groups is 1. The molecule has 2 fully saturated rings. The van der Waals surface area contributed by atoms with Crippen LogP contribution in [0.5, 0.6) is 11.5 Å². The van der Waals surface area contributed by atoms with Gasteiger partial charge in [-0.3, -0.25) is 4.79 Å². The zero-order valence-electron chi connectivity index (χ0n) is 22.2. The lowest BCUT2D eigenvalue weighted by Gasteiger charge is -2.24. The maximum Gasteiger partial charge on any atom is 0.246 e. The van der Waals surface area contributed by atoms with Crippen molar-refractivity contribution in [2.75, 3.05) is 29.9 Å². The van der Waals surface area contributed by atoms with Crippen molar-refractivity contribution in [2.24, 2.45) is 5.92 Å². The number of rotatable bonds is 6. The number of hydrogen-bond acceptors (Lipinski definition) is 9. The Morgan fingerprint density at radius 2 is 2.05 bits per heavy atom. The predicted octanol–water partition coefficient (Wildman–Crippen LogP) is 4.27. The Hall–Kier alpha value is -5.13. The molecule has 1 amide bonds. The number of nitrogens with zero attached hydrogens (tertiary/aromatic N) is 8. The van der Waals surface area contributed by atoms with Gasteiger partial charge in [-0.05, 0) is 49.2 Å². The van der Waals surface area contributed by atoms with Crippen LogP contribution in [-0.4, -0.2) is 66.0 Å². The van der Waals surface area contributed by atoms with Crippen molar-refractivity contribution >= 4 is 39.9 Å². The molecule has 0 aliphatic carbocycles. The second-order valence-corrected chi connectivity index (χ2v) is 10.3. The molecule has 0 radical (unpaired) electrons. The Morgan fingerprint density at radius 1 is 1.15 bits per heavy atom. The average Bonchev–Trinajstić information content (AvgIpc) is 3.71. The van der Waals surface area contributed by atoms with Crippen LogP contribution in [0.3, 0.4) is 0 Å². The first kappa shape index (κ1) is 24.9. The largest absolute Gasteiger partial charge is 0.457 e. The van der Waals surface area contributed by atoms with Gasteiger partial charge in [-0.15, -0.1) is 0 Å². The summed E-state index contributed by atoms with van der Waals surface area (Å²) in [5.74, 6) is 1.91. The predicted molar refractivity (Wildman–Crippen MR) is 151 cm³/mol. The molecule has 12 heteroatoms. The van der Waals surface area contributed by atoms with Crippen LogP contribution in [-0.2, 0) is 4.79 Å². The van der Waals surface area contributed by atoms with E-state index in [1.807, 2.05) is 24.0 Å². The first-order valence-corrected chi connectivity index (χ1v) is 13.3. The van der Waals surface area contributed by atoms with Gasteiger partial charge < -0.3 is 19.9 Å². The summed E-state index contributed by atoms with van der Waals surface area (Å²) in [5, 5.41) is 7.18. The monoisotopic (exact) mass is 551 g/mol. The lowest BCUT2D eigenvalue weighted by molar-refractivity contribution is -0.126. The topological polar surface area (TPSA) is 114 Å². The van der Waals surface area contributed by atoms with E-state index in [0.717, 1.165) is 30.9 Å². The van der Waals surface area contributed by atoms with Crippen molar-refractivity contribution in [3.63, 3.8) is 0 Å². The standard InChI is InChI=1S/C29H26FN9O2/c1-3-27(40)38-8-6-18-13-37(14-23(18)38)25-5-4-21-28(36-25)29(33-15-31-21)35-22-10-17(2)24(12-20(22)30)41-19-7-9-39-26(11-19)32-16-34-39/h3-5,7,9-12,15-16,18,23H,1,6,8,13-14H2,2H3,(H,31,33,35). The Balaban J connectivity index is 1.14. The molecule has 6 heterocycles. The van der Waals surface area contributed by atoms with Gasteiger partial charge in [0.1, 0.15) is 41.3 Å². The second kappa shape index (κ2) is 9.81. The van der Waals surface area contributed by atoms with Crippen LogP contribution in [0.15, 0.2) is 67.9 Å². The summed E-state index contributed by atoms with van der Waals surface area (Å²) < 4.78 is 22.9. The highest BCUT2D eigenvalue weighted by molar-refractivity contribution is 5.89. The maximum atomic E-state index is 15.3. The summed E-state index contributed by atoms with van der Waals surface area (Å²) in [6.45, 7) is 7.74. The van der Waals surface area contributed by atoms with Gasteiger partial charge >= 0.3 is 0 Å². The first-order valence-electron chi connectivity index (χ1n) is 13.3. The molecule has 2 unspecified atom stereocenters. The number of fused-ring (bicyclic) bond motifs is 3. The van der Waals surface area contributed by atoms with E-state index in [0.29, 0.717) is 46.5 Å². The molecule has 41 heavy (non-hydrogen) atoms. The van der Waals surface area contributed by atoms with Crippen LogP contribution < -0.4 is 15.0 Å². The number of amides is 1. The number of pyridine rings is 2. The number of hydrogen-bond donors (Lipinski definition) is 1. The Kier molecular flexibility index (Phi) is 5.95. The number of aromatic nitrogens is 6. The highest BCUT2D eigenvalue weighted by Crippen LogP contribution is 2.36. The number of halogens is 1. The summed E-state index contributed by atoms with van der Waals surface area (Å²) in [5.41, 5.74) is 2.75. The highest BCUT2D eigenvalue weighted by atomic mass is 19.1. The van der Waals surface area contributed by atoms with Gasteiger partial charge in [0, 0.05) is 43.9 Å². The molecule has 5 aromatic rings. The van der Waals surface area contributed by atoms with Gasteiger partial charge in [-0.2, -0.15) is 5.10 Å². The van der Waals surface area contributed by atoms with Crippen molar-refractivity contribution in [3.8, 4) is 11.5 Å². The molecule has 0 bridgehead atoms. The van der Waals surface area contributed by atoms with Crippen LogP contribution in [0.4, 0.5) is 21.7 Å². The Morgan fingerprint density at radius 3 is 2.93 bits per heavy atom. The van der Waals surface area contributed by atoms with Crippen molar-refractivity contribution < 1.29 is 13.9 Å². The number of carbonyl (C=O) groups excluding carboxylic acids is 1. The van der Waals surface area contributed by atoms with Crippen LogP contribution >= 0.6 is 0 Å². The number of likely N-dealkylation sites (tertiary alicyclic amines) is 1. The molecule has 206 valence electrons. The van der Waals surface area contributed by atoms with Gasteiger partial charge in [-0.1, -0.05) is 6.58 Å². The molecule has 0 spiro atoms. The van der Waals surface area contributed by atoms with Crippen LogP contribution in [0.25, 0.3) is 16.7 Å². The summed E-state index contributed by atoms with van der Waals surface area (Å²) in [6.07, 6.45) is 6.94. The molecule has 0 saturated carbocycles. The third-order valence-corrected chi connectivity index (χ3v) is 7.79. The molecule has 1 N–H and O–H groups in total. The van der Waals surface area contributed by atoms with Gasteiger partial charge in [-0.25, -0.2) is 28.8 Å². The van der Waals surface area contributed by atoms with Crippen molar-refractivity contribution in [1.82, 2.24) is 34.4 Å². The maximum absolute atomic E-state index is 15.3. The summed E-state index contributed by atoms with van der Waals surface area (Å²) in [7, 11) is 0. The molecule has 1 aromatic carbocycles. The SMILES string of the molecule is C=CC(=O)N1CCC2CN(c3ccc4ncnc(Nc5cc(C)c(Oc6ccn7ncnc7c6)cc5F)c4n3)CC21. The Labute approximate surface area is 234 Å². The number of aryl methyl sites for hydroxylation is 1. The van der Waals surface area contributed by atoms with E-state index in [4.69, 9.17) is 9.72 Å². The van der Waals surface area contributed by atoms with Crippen LogP contribution in [0.2, 0.25) is 0 Å². The first-order chi connectivity index (χ1) is 20.0. The van der Waals surface area contributed by atoms with Crippen LogP contribution in [0.1, 0.15) is 12.0 Å². The van der Waals surface area contributed by atoms with Crippen molar-refractivity contribution in [3.05, 3.63) is 79.3 Å². The molecular formula is C29H26FN9O2. The van der Waals surface area contributed by atoms with Gasteiger partial charge in [0.2, 0.25) is 5.91 Å². The number of benzene rings is 1. The van der Waals surface area contributed by atoms with Crippen molar-refractivity contribution in [2.45, 2.75) is 19.4 Å². The molecule has 2 atom stereocenters. The molecule has 11 nitrogen and oxygen atoms in total. The molecule has 2 aliphatic rings.